The maximum Gasteiger partial charge on any atom is 0.397 e. The van der Waals surface area contributed by atoms with Crippen LogP contribution in [0.5, 0.6) is 0 Å². The number of likely N-dealkylation sites (tertiary alicyclic amines) is 1. The molecule has 1 aromatic heterocycles. The van der Waals surface area contributed by atoms with Crippen molar-refractivity contribution in [1.82, 2.24) is 14.9 Å². The molecule has 9 nitrogen and oxygen atoms in total. The normalized spacial score (nSPS) is 14.7. The molecule has 0 radical (unpaired) electrons. The second-order valence-corrected chi connectivity index (χ2v) is 6.60. The molecule has 1 aliphatic heterocycles. The summed E-state index contributed by atoms with van der Waals surface area (Å²) < 4.78 is 4.67. The molecule has 0 spiro atoms. The number of nitrogens with zero attached hydrogens (tertiary/aromatic N) is 3. The van der Waals surface area contributed by atoms with Crippen LogP contribution in [0.25, 0.3) is 0 Å². The highest BCUT2D eigenvalue weighted by Crippen LogP contribution is 2.26. The first kappa shape index (κ1) is 20.2. The Bertz CT molecular complexity index is 637. The topological polar surface area (TPSA) is 122 Å². The standard InChI is InChI=1S/C16H26N6O3S/c1-3-25-15(24)14(23)19-13-11(17)12(20-16(21-13)26-2)18-7-10-22-8-5-4-6-9-22/h3-10,17H2,1-2H3,(H2,18,19,20,21,23). The van der Waals surface area contributed by atoms with Gasteiger partial charge in [0.15, 0.2) is 16.8 Å². The lowest BCUT2D eigenvalue weighted by molar-refractivity contribution is -0.152. The molecule has 0 aromatic carbocycles. The van der Waals surface area contributed by atoms with Crippen molar-refractivity contribution in [1.29, 1.82) is 0 Å². The summed E-state index contributed by atoms with van der Waals surface area (Å²) in [6.07, 6.45) is 5.58. The van der Waals surface area contributed by atoms with E-state index in [0.29, 0.717) is 17.5 Å². The van der Waals surface area contributed by atoms with Gasteiger partial charge in [-0.05, 0) is 39.1 Å². The lowest BCUT2D eigenvalue weighted by atomic mass is 10.1. The fourth-order valence-electron chi connectivity index (χ4n) is 2.64. The number of esters is 1. The number of piperidine rings is 1. The van der Waals surface area contributed by atoms with E-state index in [1.54, 1.807) is 6.92 Å². The Morgan fingerprint density at radius 2 is 1.92 bits per heavy atom. The van der Waals surface area contributed by atoms with Gasteiger partial charge in [0.2, 0.25) is 0 Å². The van der Waals surface area contributed by atoms with E-state index in [0.717, 1.165) is 19.6 Å². The summed E-state index contributed by atoms with van der Waals surface area (Å²) in [6, 6.07) is 0. The van der Waals surface area contributed by atoms with Crippen LogP contribution in [-0.2, 0) is 14.3 Å². The molecule has 0 aliphatic carbocycles. The fourth-order valence-corrected chi connectivity index (χ4v) is 3.01. The summed E-state index contributed by atoms with van der Waals surface area (Å²) >= 11 is 1.32. The Hall–Kier alpha value is -2.07. The zero-order valence-electron chi connectivity index (χ0n) is 15.2. The van der Waals surface area contributed by atoms with E-state index >= 15 is 0 Å². The van der Waals surface area contributed by atoms with Crippen LogP contribution < -0.4 is 16.4 Å². The Balaban J connectivity index is 2.03. The predicted molar refractivity (Wildman–Crippen MR) is 102 cm³/mol. The third kappa shape index (κ3) is 5.73. The summed E-state index contributed by atoms with van der Waals surface area (Å²) in [7, 11) is 0. The first-order valence-corrected chi connectivity index (χ1v) is 9.93. The number of carbonyl (C=O) groups is 2. The van der Waals surface area contributed by atoms with Gasteiger partial charge in [0, 0.05) is 13.1 Å². The van der Waals surface area contributed by atoms with Crippen LogP contribution in [0.4, 0.5) is 17.3 Å². The molecule has 2 heterocycles. The molecule has 1 aromatic rings. The van der Waals surface area contributed by atoms with Crippen LogP contribution in [0.1, 0.15) is 26.2 Å². The van der Waals surface area contributed by atoms with Crippen molar-refractivity contribution in [2.45, 2.75) is 31.3 Å². The summed E-state index contributed by atoms with van der Waals surface area (Å²) in [5, 5.41) is 6.04. The van der Waals surface area contributed by atoms with E-state index < -0.39 is 11.9 Å². The molecule has 1 saturated heterocycles. The third-order valence-corrected chi connectivity index (χ3v) is 4.52. The van der Waals surface area contributed by atoms with E-state index in [1.165, 1.54) is 31.0 Å². The lowest BCUT2D eigenvalue weighted by Gasteiger charge is -2.26. The number of hydrogen-bond donors (Lipinski definition) is 3. The number of nitrogens with two attached hydrogens (primary N) is 1. The van der Waals surface area contributed by atoms with Crippen molar-refractivity contribution in [2.24, 2.45) is 0 Å². The zero-order valence-corrected chi connectivity index (χ0v) is 16.0. The average molecular weight is 382 g/mol. The van der Waals surface area contributed by atoms with E-state index in [2.05, 4.69) is 30.2 Å². The highest BCUT2D eigenvalue weighted by Gasteiger charge is 2.20. The molecule has 26 heavy (non-hydrogen) atoms. The second kappa shape index (κ2) is 10.2. The number of carbonyl (C=O) groups excluding carboxylic acids is 2. The maximum atomic E-state index is 11.9. The maximum absolute atomic E-state index is 11.9. The third-order valence-electron chi connectivity index (χ3n) is 3.97. The minimum absolute atomic E-state index is 0.0999. The summed E-state index contributed by atoms with van der Waals surface area (Å²) in [5.41, 5.74) is 6.26. The van der Waals surface area contributed by atoms with Crippen molar-refractivity contribution in [3.63, 3.8) is 0 Å². The van der Waals surface area contributed by atoms with Gasteiger partial charge in [0.25, 0.3) is 0 Å². The van der Waals surface area contributed by atoms with E-state index in [4.69, 9.17) is 5.73 Å². The second-order valence-electron chi connectivity index (χ2n) is 5.82. The molecular formula is C16H26N6O3S. The van der Waals surface area contributed by atoms with Gasteiger partial charge in [-0.2, -0.15) is 0 Å². The quantitative estimate of drug-likeness (QED) is 0.276. The number of thioether (sulfide) groups is 1. The Labute approximate surface area is 157 Å². The highest BCUT2D eigenvalue weighted by molar-refractivity contribution is 7.98. The summed E-state index contributed by atoms with van der Waals surface area (Å²) in [5.74, 6) is -1.34. The van der Waals surface area contributed by atoms with Crippen molar-refractivity contribution >= 4 is 41.0 Å². The van der Waals surface area contributed by atoms with Gasteiger partial charge < -0.3 is 20.7 Å². The van der Waals surface area contributed by atoms with Crippen LogP contribution >= 0.6 is 11.8 Å². The van der Waals surface area contributed by atoms with Gasteiger partial charge in [-0.25, -0.2) is 14.8 Å². The number of hydrogen-bond acceptors (Lipinski definition) is 9. The van der Waals surface area contributed by atoms with Crippen LogP contribution in [0, 0.1) is 0 Å². The molecule has 0 bridgehead atoms. The molecule has 0 saturated carbocycles. The molecule has 1 aliphatic rings. The summed E-state index contributed by atoms with van der Waals surface area (Å²) in [6.45, 7) is 5.53. The average Bonchev–Trinajstić information content (AvgIpc) is 2.65. The number of anilines is 3. The number of aromatic nitrogens is 2. The van der Waals surface area contributed by atoms with Gasteiger partial charge in [-0.15, -0.1) is 0 Å². The lowest BCUT2D eigenvalue weighted by Crippen LogP contribution is -2.34. The fraction of sp³-hybridized carbons (Fsp3) is 0.625. The van der Waals surface area contributed by atoms with Crippen LogP contribution in [-0.4, -0.2) is 65.8 Å². The van der Waals surface area contributed by atoms with E-state index in [1.807, 2.05) is 6.26 Å². The smallest absolute Gasteiger partial charge is 0.397 e. The Morgan fingerprint density at radius 3 is 2.58 bits per heavy atom. The van der Waals surface area contributed by atoms with Crippen LogP contribution in [0.15, 0.2) is 5.16 Å². The molecule has 2 rings (SSSR count). The van der Waals surface area contributed by atoms with Crippen molar-refractivity contribution in [2.75, 3.05) is 55.4 Å². The number of amides is 1. The SMILES string of the molecule is CCOC(=O)C(=O)Nc1nc(SC)nc(NCCN2CCCCC2)c1N. The highest BCUT2D eigenvalue weighted by atomic mass is 32.2. The monoisotopic (exact) mass is 382 g/mol. The van der Waals surface area contributed by atoms with Gasteiger partial charge in [0.1, 0.15) is 5.69 Å². The van der Waals surface area contributed by atoms with Crippen LogP contribution in [0.2, 0.25) is 0 Å². The predicted octanol–water partition coefficient (Wildman–Crippen LogP) is 1.18. The molecule has 1 fully saturated rings. The largest absolute Gasteiger partial charge is 0.459 e. The van der Waals surface area contributed by atoms with Gasteiger partial charge >= 0.3 is 11.9 Å². The van der Waals surface area contributed by atoms with E-state index in [9.17, 15) is 9.59 Å². The number of nitrogens with one attached hydrogen (secondary N) is 2. The first-order valence-electron chi connectivity index (χ1n) is 8.71. The minimum atomic E-state index is -0.976. The van der Waals surface area contributed by atoms with Crippen molar-refractivity contribution in [3.05, 3.63) is 0 Å². The number of rotatable bonds is 7. The van der Waals surface area contributed by atoms with Gasteiger partial charge in [-0.3, -0.25) is 10.1 Å². The minimum Gasteiger partial charge on any atom is -0.459 e. The van der Waals surface area contributed by atoms with Gasteiger partial charge in [-0.1, -0.05) is 18.2 Å². The molecule has 1 amide bonds. The number of nitrogen functional groups attached to an aromatic ring is 1. The Morgan fingerprint density at radius 1 is 1.23 bits per heavy atom. The van der Waals surface area contributed by atoms with Gasteiger partial charge in [0.05, 0.1) is 6.61 Å². The van der Waals surface area contributed by atoms with Crippen LogP contribution in [0.3, 0.4) is 0 Å². The van der Waals surface area contributed by atoms with Crippen molar-refractivity contribution in [3.8, 4) is 0 Å². The molecule has 0 unspecified atom stereocenters. The molecule has 4 N–H and O–H groups in total. The molecule has 144 valence electrons. The Kier molecular flexibility index (Phi) is 7.92. The molecule has 10 heteroatoms. The number of ether oxygens (including phenoxy) is 1. The zero-order chi connectivity index (χ0) is 18.9. The first-order chi connectivity index (χ1) is 12.5. The molecule has 0 atom stereocenters. The summed E-state index contributed by atoms with van der Waals surface area (Å²) in [4.78, 5) is 34.3. The molecular weight excluding hydrogens is 356 g/mol. The van der Waals surface area contributed by atoms with Crippen molar-refractivity contribution < 1.29 is 14.3 Å². The van der Waals surface area contributed by atoms with E-state index in [-0.39, 0.29) is 18.1 Å².